The van der Waals surface area contributed by atoms with Crippen LogP contribution in [-0.2, 0) is 0 Å². The second-order valence-corrected chi connectivity index (χ2v) is 8.58. The van der Waals surface area contributed by atoms with Gasteiger partial charge in [0.25, 0.3) is 0 Å². The van der Waals surface area contributed by atoms with E-state index in [9.17, 15) is 8.78 Å². The molecule has 5 nitrogen and oxygen atoms in total. The van der Waals surface area contributed by atoms with Crippen molar-refractivity contribution >= 4 is 0 Å². The van der Waals surface area contributed by atoms with Gasteiger partial charge in [-0.2, -0.15) is 4.98 Å². The van der Waals surface area contributed by atoms with Crippen LogP contribution in [0.25, 0.3) is 11.4 Å². The van der Waals surface area contributed by atoms with Gasteiger partial charge in [0.15, 0.2) is 0 Å². The Morgan fingerprint density at radius 1 is 0.735 bits per heavy atom. The van der Waals surface area contributed by atoms with Crippen molar-refractivity contribution in [1.82, 2.24) is 19.9 Å². The van der Waals surface area contributed by atoms with E-state index in [-0.39, 0.29) is 23.7 Å². The Labute approximate surface area is 197 Å². The smallest absolute Gasteiger partial charge is 0.244 e. The van der Waals surface area contributed by atoms with Crippen LogP contribution in [0.1, 0.15) is 36.0 Å². The number of halogens is 2. The molecular weight excluding hydrogens is 434 g/mol. The van der Waals surface area contributed by atoms with Gasteiger partial charge >= 0.3 is 0 Å². The van der Waals surface area contributed by atoms with Crippen LogP contribution >= 0.6 is 0 Å². The predicted molar refractivity (Wildman–Crippen MR) is 126 cm³/mol. The van der Waals surface area contributed by atoms with Crippen molar-refractivity contribution in [3.8, 4) is 11.4 Å². The van der Waals surface area contributed by atoms with Crippen LogP contribution in [0.15, 0.2) is 83.4 Å². The molecule has 174 valence electrons. The number of aromatic nitrogens is 2. The summed E-state index contributed by atoms with van der Waals surface area (Å²) in [5.41, 5.74) is 2.90. The Bertz CT molecular complexity index is 1160. The first-order valence-corrected chi connectivity index (χ1v) is 11.5. The number of benzene rings is 3. The lowest BCUT2D eigenvalue weighted by atomic mass is 9.96. The first kappa shape index (κ1) is 22.4. The average Bonchev–Trinajstić information content (AvgIpc) is 3.37. The van der Waals surface area contributed by atoms with Gasteiger partial charge < -0.3 is 4.52 Å². The molecule has 0 spiro atoms. The van der Waals surface area contributed by atoms with Crippen LogP contribution in [0.5, 0.6) is 0 Å². The third-order valence-corrected chi connectivity index (χ3v) is 6.46. The normalized spacial score (nSPS) is 16.1. The molecule has 0 aliphatic carbocycles. The molecule has 2 heterocycles. The molecule has 0 radical (unpaired) electrons. The Balaban J connectivity index is 1.31. The summed E-state index contributed by atoms with van der Waals surface area (Å²) < 4.78 is 32.7. The van der Waals surface area contributed by atoms with E-state index in [0.717, 1.165) is 42.9 Å². The number of nitrogens with zero attached hydrogens (tertiary/aromatic N) is 4. The fraction of sp³-hybridized carbons (Fsp3) is 0.259. The minimum atomic E-state index is -0.269. The van der Waals surface area contributed by atoms with Crippen LogP contribution in [0, 0.1) is 11.6 Å². The van der Waals surface area contributed by atoms with E-state index in [2.05, 4.69) is 26.9 Å². The summed E-state index contributed by atoms with van der Waals surface area (Å²) in [6.07, 6.45) is 0. The molecule has 5 rings (SSSR count). The molecular formula is C27H26F2N4O. The largest absolute Gasteiger partial charge is 0.337 e. The van der Waals surface area contributed by atoms with Crippen LogP contribution in [0.4, 0.5) is 8.78 Å². The van der Waals surface area contributed by atoms with Gasteiger partial charge in [-0.1, -0.05) is 59.8 Å². The van der Waals surface area contributed by atoms with Crippen molar-refractivity contribution in [2.45, 2.75) is 19.0 Å². The lowest BCUT2D eigenvalue weighted by Crippen LogP contribution is -2.48. The van der Waals surface area contributed by atoms with Gasteiger partial charge in [-0.3, -0.25) is 9.80 Å². The molecule has 4 aromatic rings. The highest BCUT2D eigenvalue weighted by molar-refractivity contribution is 5.53. The third kappa shape index (κ3) is 4.76. The van der Waals surface area contributed by atoms with Crippen LogP contribution in [-0.4, -0.2) is 46.1 Å². The van der Waals surface area contributed by atoms with Crippen LogP contribution < -0.4 is 0 Å². The highest BCUT2D eigenvalue weighted by Crippen LogP contribution is 2.31. The summed E-state index contributed by atoms with van der Waals surface area (Å²) in [5, 5.41) is 4.15. The summed E-state index contributed by atoms with van der Waals surface area (Å²) in [6.45, 7) is 5.29. The van der Waals surface area contributed by atoms with E-state index in [1.807, 2.05) is 54.6 Å². The summed E-state index contributed by atoms with van der Waals surface area (Å²) >= 11 is 0. The molecule has 1 atom stereocenters. The zero-order valence-corrected chi connectivity index (χ0v) is 18.9. The van der Waals surface area contributed by atoms with Crippen LogP contribution in [0.3, 0.4) is 0 Å². The maximum absolute atomic E-state index is 13.6. The van der Waals surface area contributed by atoms with Crippen molar-refractivity contribution in [3.63, 3.8) is 0 Å². The zero-order valence-electron chi connectivity index (χ0n) is 18.9. The molecule has 1 aliphatic rings. The van der Waals surface area contributed by atoms with Gasteiger partial charge in [-0.25, -0.2) is 8.78 Å². The SMILES string of the molecule is C[C@H](c1nc(-c2ccccc2)no1)N1CCN(C(c2ccc(F)cc2)c2ccc(F)cc2)CC1. The molecule has 0 N–H and O–H groups in total. The molecule has 7 heteroatoms. The van der Waals surface area contributed by atoms with Gasteiger partial charge in [0.1, 0.15) is 11.6 Å². The fourth-order valence-electron chi connectivity index (χ4n) is 4.55. The highest BCUT2D eigenvalue weighted by atomic mass is 19.1. The Morgan fingerprint density at radius 3 is 1.82 bits per heavy atom. The maximum Gasteiger partial charge on any atom is 0.244 e. The van der Waals surface area contributed by atoms with Crippen LogP contribution in [0.2, 0.25) is 0 Å². The molecule has 1 saturated heterocycles. The zero-order chi connectivity index (χ0) is 23.5. The van der Waals surface area contributed by atoms with Crippen molar-refractivity contribution in [1.29, 1.82) is 0 Å². The van der Waals surface area contributed by atoms with E-state index < -0.39 is 0 Å². The average molecular weight is 461 g/mol. The molecule has 1 aliphatic heterocycles. The van der Waals surface area contributed by atoms with Crippen molar-refractivity contribution < 1.29 is 13.3 Å². The first-order valence-electron chi connectivity index (χ1n) is 11.5. The topological polar surface area (TPSA) is 45.4 Å². The van der Waals surface area contributed by atoms with E-state index in [1.165, 1.54) is 24.3 Å². The second-order valence-electron chi connectivity index (χ2n) is 8.58. The molecule has 0 unspecified atom stereocenters. The molecule has 0 amide bonds. The van der Waals surface area contributed by atoms with Crippen molar-refractivity contribution in [2.75, 3.05) is 26.2 Å². The molecule has 34 heavy (non-hydrogen) atoms. The maximum atomic E-state index is 13.6. The minimum Gasteiger partial charge on any atom is -0.337 e. The fourth-order valence-corrected chi connectivity index (χ4v) is 4.55. The number of piperazine rings is 1. The summed E-state index contributed by atoms with van der Waals surface area (Å²) in [5.74, 6) is 0.652. The lowest BCUT2D eigenvalue weighted by Gasteiger charge is -2.41. The number of hydrogen-bond acceptors (Lipinski definition) is 5. The molecule has 0 saturated carbocycles. The molecule has 3 aromatic carbocycles. The van der Waals surface area contributed by atoms with Gasteiger partial charge in [0.2, 0.25) is 11.7 Å². The second kappa shape index (κ2) is 9.83. The molecule has 0 bridgehead atoms. The van der Waals surface area contributed by atoms with E-state index in [4.69, 9.17) is 4.52 Å². The first-order chi connectivity index (χ1) is 16.6. The summed E-state index contributed by atoms with van der Waals surface area (Å²) in [4.78, 5) is 9.30. The monoisotopic (exact) mass is 460 g/mol. The molecule has 1 fully saturated rings. The quantitative estimate of drug-likeness (QED) is 0.381. The van der Waals surface area contributed by atoms with Gasteiger partial charge in [0.05, 0.1) is 12.1 Å². The Kier molecular flexibility index (Phi) is 6.47. The number of rotatable bonds is 6. The standard InChI is InChI=1S/C27H26F2N4O/c1-19(27-30-26(31-34-27)22-5-3-2-4-6-22)32-15-17-33(18-16-32)25(20-7-11-23(28)12-8-20)21-9-13-24(29)14-10-21/h2-14,19,25H,15-18H2,1H3/t19-/m1/s1. The van der Waals surface area contributed by atoms with Crippen molar-refractivity contribution in [3.05, 3.63) is 108 Å². The van der Waals surface area contributed by atoms with Crippen molar-refractivity contribution in [2.24, 2.45) is 0 Å². The highest BCUT2D eigenvalue weighted by Gasteiger charge is 2.30. The van der Waals surface area contributed by atoms with Gasteiger partial charge in [-0.05, 0) is 42.3 Å². The number of hydrogen-bond donors (Lipinski definition) is 0. The molecule has 1 aromatic heterocycles. The minimum absolute atomic E-state index is 0.0118. The lowest BCUT2D eigenvalue weighted by molar-refractivity contribution is 0.0726. The summed E-state index contributed by atoms with van der Waals surface area (Å²) in [6, 6.07) is 22.8. The third-order valence-electron chi connectivity index (χ3n) is 6.46. The van der Waals surface area contributed by atoms with Gasteiger partial charge in [-0.15, -0.1) is 0 Å². The predicted octanol–water partition coefficient (Wildman–Crippen LogP) is 5.48. The van der Waals surface area contributed by atoms with E-state index in [1.54, 1.807) is 0 Å². The Morgan fingerprint density at radius 2 is 1.26 bits per heavy atom. The Hall–Kier alpha value is -3.42. The summed E-state index contributed by atoms with van der Waals surface area (Å²) in [7, 11) is 0. The van der Waals surface area contributed by atoms with E-state index >= 15 is 0 Å². The van der Waals surface area contributed by atoms with E-state index in [0.29, 0.717) is 11.7 Å². The van der Waals surface area contributed by atoms with Gasteiger partial charge in [0, 0.05) is 31.7 Å².